The van der Waals surface area contributed by atoms with Gasteiger partial charge < -0.3 is 15.1 Å². The number of aliphatic hydroxyl groups is 1. The third kappa shape index (κ3) is 8.35. The van der Waals surface area contributed by atoms with Crippen LogP contribution in [0.5, 0.6) is 0 Å². The largest absolute Gasteiger partial charge is 0.481 e. The van der Waals surface area contributed by atoms with Crippen LogP contribution in [0.2, 0.25) is 0 Å². The minimum atomic E-state index is -0.785. The Kier molecular flexibility index (Phi) is 10.4. The van der Waals surface area contributed by atoms with E-state index in [1.807, 2.05) is 32.1 Å². The number of aliphatic carboxylic acids is 1. The highest BCUT2D eigenvalue weighted by molar-refractivity contribution is 5.79. The van der Waals surface area contributed by atoms with Gasteiger partial charge in [-0.05, 0) is 25.2 Å². The van der Waals surface area contributed by atoms with E-state index in [4.69, 9.17) is 5.11 Å². The summed E-state index contributed by atoms with van der Waals surface area (Å²) in [5.74, 6) is 5.46. The molecule has 0 unspecified atom stereocenters. The number of likely N-dealkylation sites (tertiary alicyclic amines) is 1. The number of hydrogen-bond donors (Lipinski definition) is 2. The molecule has 0 bridgehead atoms. The van der Waals surface area contributed by atoms with Crippen LogP contribution in [-0.2, 0) is 9.59 Å². The van der Waals surface area contributed by atoms with E-state index in [2.05, 4.69) is 11.8 Å². The average molecular weight is 361 g/mol. The number of amides is 1. The number of carbonyl (C=O) groups is 2. The van der Waals surface area contributed by atoms with Gasteiger partial charge in [0.05, 0.1) is 12.1 Å². The monoisotopic (exact) mass is 361 g/mol. The lowest BCUT2D eigenvalue weighted by Gasteiger charge is -2.21. The number of carboxylic acid groups (broad SMARTS) is 1. The van der Waals surface area contributed by atoms with E-state index in [-0.39, 0.29) is 24.3 Å². The molecule has 0 spiro atoms. The summed E-state index contributed by atoms with van der Waals surface area (Å²) in [6, 6.07) is 0.00902. The van der Waals surface area contributed by atoms with Crippen LogP contribution in [0.4, 0.5) is 0 Å². The lowest BCUT2D eigenvalue weighted by Crippen LogP contribution is -2.32. The van der Waals surface area contributed by atoms with Crippen LogP contribution >= 0.6 is 0 Å². The molecule has 1 amide bonds. The van der Waals surface area contributed by atoms with Crippen LogP contribution in [0.15, 0.2) is 24.3 Å². The molecule has 1 aliphatic heterocycles. The SMILES string of the molecule is CCC#CC[C@H](C)[C@H](O)/C=C/[C@H]1CCC(=O)N1CC=CCCCC(=O)O. The molecule has 5 nitrogen and oxygen atoms in total. The maximum atomic E-state index is 12.0. The Balaban J connectivity index is 2.47. The van der Waals surface area contributed by atoms with Crippen LogP contribution in [0.3, 0.4) is 0 Å². The Bertz CT molecular complexity index is 570. The first kappa shape index (κ1) is 22.0. The van der Waals surface area contributed by atoms with Crippen LogP contribution in [0, 0.1) is 17.8 Å². The van der Waals surface area contributed by atoms with Crippen molar-refractivity contribution in [2.24, 2.45) is 5.92 Å². The average Bonchev–Trinajstić information content (AvgIpc) is 2.95. The molecule has 1 fully saturated rings. The molecule has 2 N–H and O–H groups in total. The summed E-state index contributed by atoms with van der Waals surface area (Å²) >= 11 is 0. The zero-order chi connectivity index (χ0) is 19.4. The van der Waals surface area contributed by atoms with Gasteiger partial charge in [-0.25, -0.2) is 0 Å². The zero-order valence-electron chi connectivity index (χ0n) is 15.9. The van der Waals surface area contributed by atoms with E-state index in [0.29, 0.717) is 32.2 Å². The van der Waals surface area contributed by atoms with Crippen molar-refractivity contribution < 1.29 is 19.8 Å². The Morgan fingerprint density at radius 3 is 2.85 bits per heavy atom. The predicted octanol–water partition coefficient (Wildman–Crippen LogP) is 3.15. The van der Waals surface area contributed by atoms with Gasteiger partial charge in [-0.15, -0.1) is 11.8 Å². The molecule has 0 aromatic heterocycles. The molecule has 1 saturated heterocycles. The Morgan fingerprint density at radius 1 is 1.38 bits per heavy atom. The fraction of sp³-hybridized carbons (Fsp3) is 0.619. The first-order chi connectivity index (χ1) is 12.5. The summed E-state index contributed by atoms with van der Waals surface area (Å²) in [6.07, 6.45) is 11.2. The van der Waals surface area contributed by atoms with Crippen LogP contribution in [-0.4, -0.2) is 45.7 Å². The van der Waals surface area contributed by atoms with Crippen molar-refractivity contribution in [1.82, 2.24) is 4.90 Å². The Hall–Kier alpha value is -2.06. The van der Waals surface area contributed by atoms with E-state index < -0.39 is 12.1 Å². The van der Waals surface area contributed by atoms with E-state index >= 15 is 0 Å². The summed E-state index contributed by atoms with van der Waals surface area (Å²) in [7, 11) is 0. The summed E-state index contributed by atoms with van der Waals surface area (Å²) in [6.45, 7) is 4.49. The van der Waals surface area contributed by atoms with Crippen LogP contribution in [0.25, 0.3) is 0 Å². The van der Waals surface area contributed by atoms with Crippen molar-refractivity contribution in [3.8, 4) is 11.8 Å². The number of allylic oxidation sites excluding steroid dienone is 1. The molecule has 1 rings (SSSR count). The minimum absolute atomic E-state index is 0.00902. The van der Waals surface area contributed by atoms with Gasteiger partial charge in [-0.3, -0.25) is 9.59 Å². The van der Waals surface area contributed by atoms with E-state index in [1.54, 1.807) is 11.0 Å². The van der Waals surface area contributed by atoms with Crippen LogP contribution in [0.1, 0.15) is 58.8 Å². The molecule has 5 heteroatoms. The van der Waals surface area contributed by atoms with E-state index in [0.717, 1.165) is 12.8 Å². The predicted molar refractivity (Wildman–Crippen MR) is 102 cm³/mol. The van der Waals surface area contributed by atoms with Gasteiger partial charge in [-0.1, -0.05) is 38.2 Å². The molecule has 0 saturated carbocycles. The topological polar surface area (TPSA) is 77.8 Å². The smallest absolute Gasteiger partial charge is 0.303 e. The lowest BCUT2D eigenvalue weighted by molar-refractivity contribution is -0.137. The number of unbranched alkanes of at least 4 members (excludes halogenated alkanes) is 1. The van der Waals surface area contributed by atoms with Gasteiger partial charge in [0.2, 0.25) is 5.91 Å². The second kappa shape index (κ2) is 12.3. The molecule has 3 atom stereocenters. The lowest BCUT2D eigenvalue weighted by atomic mass is 10.00. The maximum absolute atomic E-state index is 12.0. The third-order valence-corrected chi connectivity index (χ3v) is 4.44. The van der Waals surface area contributed by atoms with Gasteiger partial charge in [0, 0.05) is 32.2 Å². The molecule has 1 aliphatic rings. The number of nitrogens with zero attached hydrogens (tertiary/aromatic N) is 1. The van der Waals surface area contributed by atoms with Crippen molar-refractivity contribution in [1.29, 1.82) is 0 Å². The van der Waals surface area contributed by atoms with Crippen molar-refractivity contribution in [2.45, 2.75) is 70.9 Å². The summed E-state index contributed by atoms with van der Waals surface area (Å²) < 4.78 is 0. The van der Waals surface area contributed by atoms with Gasteiger partial charge in [-0.2, -0.15) is 0 Å². The number of hydrogen-bond acceptors (Lipinski definition) is 3. The quantitative estimate of drug-likeness (QED) is 0.356. The first-order valence-electron chi connectivity index (χ1n) is 9.44. The fourth-order valence-corrected chi connectivity index (χ4v) is 2.78. The zero-order valence-corrected chi connectivity index (χ0v) is 15.9. The van der Waals surface area contributed by atoms with Gasteiger partial charge in [0.15, 0.2) is 0 Å². The summed E-state index contributed by atoms with van der Waals surface area (Å²) in [4.78, 5) is 24.3. The molecule has 0 aromatic rings. The molecular weight excluding hydrogens is 330 g/mol. The van der Waals surface area contributed by atoms with Gasteiger partial charge >= 0.3 is 5.97 Å². The van der Waals surface area contributed by atoms with Gasteiger partial charge in [0.25, 0.3) is 0 Å². The van der Waals surface area contributed by atoms with Crippen molar-refractivity contribution >= 4 is 11.9 Å². The minimum Gasteiger partial charge on any atom is -0.481 e. The molecule has 144 valence electrons. The number of rotatable bonds is 10. The Morgan fingerprint density at radius 2 is 2.15 bits per heavy atom. The van der Waals surface area contributed by atoms with Crippen molar-refractivity contribution in [3.63, 3.8) is 0 Å². The van der Waals surface area contributed by atoms with Crippen molar-refractivity contribution in [3.05, 3.63) is 24.3 Å². The second-order valence-electron chi connectivity index (χ2n) is 6.67. The Labute approximate surface area is 156 Å². The molecule has 0 aliphatic carbocycles. The molecule has 0 aromatic carbocycles. The highest BCUT2D eigenvalue weighted by Gasteiger charge is 2.28. The maximum Gasteiger partial charge on any atom is 0.303 e. The summed E-state index contributed by atoms with van der Waals surface area (Å²) in [5.41, 5.74) is 0. The number of carbonyl (C=O) groups excluding carboxylic acids is 1. The normalized spacial score (nSPS) is 19.7. The second-order valence-corrected chi connectivity index (χ2v) is 6.67. The van der Waals surface area contributed by atoms with Crippen LogP contribution < -0.4 is 0 Å². The molecule has 0 radical (unpaired) electrons. The molecular formula is C21H31NO4. The third-order valence-electron chi connectivity index (χ3n) is 4.44. The van der Waals surface area contributed by atoms with E-state index in [9.17, 15) is 14.7 Å². The first-order valence-corrected chi connectivity index (χ1v) is 9.44. The molecule has 1 heterocycles. The van der Waals surface area contributed by atoms with E-state index in [1.165, 1.54) is 0 Å². The number of carboxylic acids is 1. The highest BCUT2D eigenvalue weighted by atomic mass is 16.4. The highest BCUT2D eigenvalue weighted by Crippen LogP contribution is 2.20. The summed E-state index contributed by atoms with van der Waals surface area (Å²) in [5, 5.41) is 18.8. The fourth-order valence-electron chi connectivity index (χ4n) is 2.78. The standard InChI is InChI=1S/C21H31NO4/c1-3-4-7-10-17(2)19(23)14-12-18-13-15-20(24)22(18)16-9-6-5-8-11-21(25)26/h6,9,12,14,17-19,23H,3,5,8,10-11,13,15-16H2,1-2H3,(H,25,26)/b9-6?,14-12+/t17-,18-,19+/m0/s1. The van der Waals surface area contributed by atoms with Gasteiger partial charge in [0.1, 0.15) is 0 Å². The van der Waals surface area contributed by atoms with Crippen molar-refractivity contribution in [2.75, 3.05) is 6.54 Å². The number of aliphatic hydroxyl groups excluding tert-OH is 1. The molecule has 26 heavy (non-hydrogen) atoms.